The SMILES string of the molecule is CC(C)C1CCCC(N2CCCCC2CCC(=O)O)CC1. The van der Waals surface area contributed by atoms with Crippen molar-refractivity contribution in [2.75, 3.05) is 6.54 Å². The van der Waals surface area contributed by atoms with E-state index >= 15 is 0 Å². The van der Waals surface area contributed by atoms with Crippen LogP contribution < -0.4 is 0 Å². The number of carboxylic acid groups (broad SMARTS) is 1. The average Bonchev–Trinajstić information content (AvgIpc) is 2.71. The molecule has 1 aliphatic carbocycles. The second-order valence-corrected chi connectivity index (χ2v) is 7.49. The maximum Gasteiger partial charge on any atom is 0.303 e. The summed E-state index contributed by atoms with van der Waals surface area (Å²) in [5.74, 6) is 1.08. The molecule has 1 saturated carbocycles. The van der Waals surface area contributed by atoms with Gasteiger partial charge in [0.2, 0.25) is 0 Å². The summed E-state index contributed by atoms with van der Waals surface area (Å²) in [7, 11) is 0. The second-order valence-electron chi connectivity index (χ2n) is 7.49. The number of carbonyl (C=O) groups is 1. The fourth-order valence-corrected chi connectivity index (χ4v) is 4.41. The van der Waals surface area contributed by atoms with Crippen molar-refractivity contribution in [1.29, 1.82) is 0 Å². The maximum atomic E-state index is 10.9. The van der Waals surface area contributed by atoms with Gasteiger partial charge in [-0.05, 0) is 56.9 Å². The van der Waals surface area contributed by atoms with Crippen LogP contribution in [0.15, 0.2) is 0 Å². The van der Waals surface area contributed by atoms with Crippen LogP contribution in [0.3, 0.4) is 0 Å². The Morgan fingerprint density at radius 3 is 2.62 bits per heavy atom. The van der Waals surface area contributed by atoms with Gasteiger partial charge in [-0.3, -0.25) is 9.69 Å². The Balaban J connectivity index is 1.92. The van der Waals surface area contributed by atoms with Crippen molar-refractivity contribution >= 4 is 5.97 Å². The molecule has 0 bridgehead atoms. The van der Waals surface area contributed by atoms with Gasteiger partial charge in [-0.1, -0.05) is 33.1 Å². The zero-order valence-electron chi connectivity index (χ0n) is 13.9. The van der Waals surface area contributed by atoms with Crippen molar-refractivity contribution in [2.45, 2.75) is 90.1 Å². The quantitative estimate of drug-likeness (QED) is 0.768. The lowest BCUT2D eigenvalue weighted by Crippen LogP contribution is -2.46. The lowest BCUT2D eigenvalue weighted by Gasteiger charge is -2.41. The van der Waals surface area contributed by atoms with Crippen LogP contribution in [-0.2, 0) is 4.79 Å². The van der Waals surface area contributed by atoms with Gasteiger partial charge < -0.3 is 5.11 Å². The standard InChI is InChI=1S/C18H33NO2/c1-14(2)15-6-5-8-17(10-9-15)19-13-4-3-7-16(19)11-12-18(20)21/h14-17H,3-13H2,1-2H3,(H,20,21). The molecule has 0 amide bonds. The number of carboxylic acids is 1. The van der Waals surface area contributed by atoms with Crippen LogP contribution in [0.4, 0.5) is 0 Å². The van der Waals surface area contributed by atoms with E-state index in [4.69, 9.17) is 5.11 Å². The van der Waals surface area contributed by atoms with Gasteiger partial charge in [0.1, 0.15) is 0 Å². The first-order chi connectivity index (χ1) is 10.1. The molecule has 1 N–H and O–H groups in total. The van der Waals surface area contributed by atoms with Crippen molar-refractivity contribution < 1.29 is 9.90 Å². The highest BCUT2D eigenvalue weighted by atomic mass is 16.4. The molecule has 0 aromatic heterocycles. The normalized spacial score (nSPS) is 32.0. The van der Waals surface area contributed by atoms with Gasteiger partial charge >= 0.3 is 5.97 Å². The monoisotopic (exact) mass is 295 g/mol. The van der Waals surface area contributed by atoms with Gasteiger partial charge in [-0.25, -0.2) is 0 Å². The van der Waals surface area contributed by atoms with E-state index in [1.807, 2.05) is 0 Å². The van der Waals surface area contributed by atoms with Gasteiger partial charge in [0.05, 0.1) is 0 Å². The number of rotatable bonds is 5. The summed E-state index contributed by atoms with van der Waals surface area (Å²) in [4.78, 5) is 13.6. The Labute approximate surface area is 130 Å². The lowest BCUT2D eigenvalue weighted by atomic mass is 9.88. The van der Waals surface area contributed by atoms with Gasteiger partial charge in [-0.15, -0.1) is 0 Å². The Hall–Kier alpha value is -0.570. The topological polar surface area (TPSA) is 40.5 Å². The van der Waals surface area contributed by atoms with Gasteiger partial charge in [0.25, 0.3) is 0 Å². The molecule has 2 rings (SSSR count). The summed E-state index contributed by atoms with van der Waals surface area (Å²) in [6.07, 6.45) is 11.7. The first-order valence-corrected chi connectivity index (χ1v) is 9.05. The first-order valence-electron chi connectivity index (χ1n) is 9.05. The molecule has 2 fully saturated rings. The molecule has 3 nitrogen and oxygen atoms in total. The molecule has 0 aromatic rings. The summed E-state index contributed by atoms with van der Waals surface area (Å²) < 4.78 is 0. The molecule has 1 saturated heterocycles. The van der Waals surface area contributed by atoms with Crippen molar-refractivity contribution in [1.82, 2.24) is 4.90 Å². The van der Waals surface area contributed by atoms with E-state index in [9.17, 15) is 4.79 Å². The van der Waals surface area contributed by atoms with Crippen molar-refractivity contribution in [2.24, 2.45) is 11.8 Å². The van der Waals surface area contributed by atoms with Crippen LogP contribution in [0.25, 0.3) is 0 Å². The molecule has 1 heterocycles. The van der Waals surface area contributed by atoms with Crippen molar-refractivity contribution in [3.8, 4) is 0 Å². The summed E-state index contributed by atoms with van der Waals surface area (Å²) in [5, 5.41) is 8.96. The van der Waals surface area contributed by atoms with E-state index < -0.39 is 5.97 Å². The number of nitrogens with zero attached hydrogens (tertiary/aromatic N) is 1. The van der Waals surface area contributed by atoms with Crippen molar-refractivity contribution in [3.05, 3.63) is 0 Å². The average molecular weight is 295 g/mol. The van der Waals surface area contributed by atoms with E-state index in [0.29, 0.717) is 18.5 Å². The second kappa shape index (κ2) is 8.17. The van der Waals surface area contributed by atoms with E-state index in [0.717, 1.165) is 18.3 Å². The molecule has 3 heteroatoms. The number of aliphatic carboxylic acids is 1. The molecule has 3 atom stereocenters. The minimum absolute atomic E-state index is 0.336. The molecule has 1 aliphatic heterocycles. The van der Waals surface area contributed by atoms with E-state index in [1.54, 1.807) is 0 Å². The Bertz CT molecular complexity index is 329. The van der Waals surface area contributed by atoms with Crippen LogP contribution in [0.2, 0.25) is 0 Å². The largest absolute Gasteiger partial charge is 0.481 e. The smallest absolute Gasteiger partial charge is 0.303 e. The van der Waals surface area contributed by atoms with Crippen molar-refractivity contribution in [3.63, 3.8) is 0 Å². The zero-order chi connectivity index (χ0) is 15.2. The number of hydrogen-bond acceptors (Lipinski definition) is 2. The molecule has 0 spiro atoms. The van der Waals surface area contributed by atoms with Gasteiger partial charge in [0, 0.05) is 18.5 Å². The lowest BCUT2D eigenvalue weighted by molar-refractivity contribution is -0.137. The number of piperidine rings is 1. The number of hydrogen-bond donors (Lipinski definition) is 1. The Morgan fingerprint density at radius 2 is 1.90 bits per heavy atom. The van der Waals surface area contributed by atoms with Crippen LogP contribution in [0.5, 0.6) is 0 Å². The molecule has 3 unspecified atom stereocenters. The van der Waals surface area contributed by atoms with Gasteiger partial charge in [-0.2, -0.15) is 0 Å². The predicted octanol–water partition coefficient (Wildman–Crippen LogP) is 4.31. The summed E-state index contributed by atoms with van der Waals surface area (Å²) in [6, 6.07) is 1.24. The molecule has 0 radical (unpaired) electrons. The molecule has 122 valence electrons. The maximum absolute atomic E-state index is 10.9. The van der Waals surface area contributed by atoms with E-state index in [-0.39, 0.29) is 0 Å². The van der Waals surface area contributed by atoms with Crippen LogP contribution in [0, 0.1) is 11.8 Å². The molecule has 0 aromatic carbocycles. The van der Waals surface area contributed by atoms with Crippen LogP contribution in [-0.4, -0.2) is 34.6 Å². The highest BCUT2D eigenvalue weighted by Gasteiger charge is 2.31. The minimum atomic E-state index is -0.638. The van der Waals surface area contributed by atoms with E-state index in [2.05, 4.69) is 18.7 Å². The molecule has 21 heavy (non-hydrogen) atoms. The first kappa shape index (κ1) is 16.8. The third-order valence-electron chi connectivity index (χ3n) is 5.76. The Kier molecular flexibility index (Phi) is 6.53. The highest BCUT2D eigenvalue weighted by Crippen LogP contribution is 2.34. The predicted molar refractivity (Wildman–Crippen MR) is 86.4 cm³/mol. The summed E-state index contributed by atoms with van der Waals surface area (Å²) >= 11 is 0. The summed E-state index contributed by atoms with van der Waals surface area (Å²) in [5.41, 5.74) is 0. The Morgan fingerprint density at radius 1 is 1.10 bits per heavy atom. The molecular formula is C18H33NO2. The van der Waals surface area contributed by atoms with Crippen LogP contribution in [0.1, 0.15) is 78.1 Å². The molecule has 2 aliphatic rings. The molecular weight excluding hydrogens is 262 g/mol. The summed E-state index contributed by atoms with van der Waals surface area (Å²) in [6.45, 7) is 5.92. The highest BCUT2D eigenvalue weighted by molar-refractivity contribution is 5.66. The minimum Gasteiger partial charge on any atom is -0.481 e. The number of likely N-dealkylation sites (tertiary alicyclic amines) is 1. The fourth-order valence-electron chi connectivity index (χ4n) is 4.41. The zero-order valence-corrected chi connectivity index (χ0v) is 13.9. The van der Waals surface area contributed by atoms with Gasteiger partial charge in [0.15, 0.2) is 0 Å². The third kappa shape index (κ3) is 4.98. The van der Waals surface area contributed by atoms with Crippen LogP contribution >= 0.6 is 0 Å². The van der Waals surface area contributed by atoms with E-state index in [1.165, 1.54) is 57.9 Å². The third-order valence-corrected chi connectivity index (χ3v) is 5.76. The fraction of sp³-hybridized carbons (Fsp3) is 0.944.